The number of benzene rings is 1. The fraction of sp³-hybridized carbons (Fsp3) is 0.333. The summed E-state index contributed by atoms with van der Waals surface area (Å²) in [6, 6.07) is 7.54. The van der Waals surface area contributed by atoms with E-state index >= 15 is 0 Å². The zero-order chi connectivity index (χ0) is 12.3. The van der Waals surface area contributed by atoms with Gasteiger partial charge in [-0.15, -0.1) is 0 Å². The lowest BCUT2D eigenvalue weighted by molar-refractivity contribution is -0.121. The second-order valence-electron chi connectivity index (χ2n) is 4.15. The van der Waals surface area contributed by atoms with Gasteiger partial charge in [0.1, 0.15) is 5.41 Å². The van der Waals surface area contributed by atoms with Gasteiger partial charge in [-0.1, -0.05) is 15.9 Å². The van der Waals surface area contributed by atoms with Crippen LogP contribution in [0.1, 0.15) is 19.4 Å². The van der Waals surface area contributed by atoms with Crippen LogP contribution in [-0.2, 0) is 4.79 Å². The van der Waals surface area contributed by atoms with Crippen LogP contribution in [0.4, 0.5) is 5.69 Å². The second kappa shape index (κ2) is 4.67. The monoisotopic (exact) mass is 280 g/mol. The highest BCUT2D eigenvalue weighted by atomic mass is 79.9. The lowest BCUT2D eigenvalue weighted by atomic mass is 9.94. The Morgan fingerprint density at radius 1 is 1.50 bits per heavy atom. The van der Waals surface area contributed by atoms with Crippen LogP contribution >= 0.6 is 15.9 Å². The maximum atomic E-state index is 11.8. The van der Waals surface area contributed by atoms with Crippen LogP contribution in [0, 0.1) is 23.7 Å². The zero-order valence-electron chi connectivity index (χ0n) is 9.47. The smallest absolute Gasteiger partial charge is 0.244 e. The van der Waals surface area contributed by atoms with Crippen molar-refractivity contribution in [3.8, 4) is 6.07 Å². The number of amides is 1. The molecule has 0 saturated carbocycles. The molecule has 0 bridgehead atoms. The van der Waals surface area contributed by atoms with E-state index in [0.29, 0.717) is 0 Å². The van der Waals surface area contributed by atoms with Crippen molar-refractivity contribution in [2.45, 2.75) is 20.8 Å². The fourth-order valence-corrected chi connectivity index (χ4v) is 1.57. The molecule has 0 atom stereocenters. The molecule has 0 spiro atoms. The number of hydrogen-bond donors (Lipinski definition) is 1. The normalized spacial score (nSPS) is 10.7. The third-order valence-electron chi connectivity index (χ3n) is 2.28. The predicted octanol–water partition coefficient (Wildman–Crippen LogP) is 3.25. The highest BCUT2D eigenvalue weighted by molar-refractivity contribution is 9.10. The molecule has 16 heavy (non-hydrogen) atoms. The molecule has 0 radical (unpaired) electrons. The van der Waals surface area contributed by atoms with Gasteiger partial charge in [0.05, 0.1) is 6.07 Å². The molecule has 1 amide bonds. The van der Waals surface area contributed by atoms with E-state index < -0.39 is 5.41 Å². The Hall–Kier alpha value is -1.34. The molecule has 0 aliphatic carbocycles. The number of carbonyl (C=O) groups is 1. The van der Waals surface area contributed by atoms with Crippen LogP contribution in [0.2, 0.25) is 0 Å². The summed E-state index contributed by atoms with van der Waals surface area (Å²) in [6.45, 7) is 5.09. The summed E-state index contributed by atoms with van der Waals surface area (Å²) in [6.07, 6.45) is 0. The average molecular weight is 281 g/mol. The van der Waals surface area contributed by atoms with Crippen molar-refractivity contribution in [3.63, 3.8) is 0 Å². The summed E-state index contributed by atoms with van der Waals surface area (Å²) in [7, 11) is 0. The maximum Gasteiger partial charge on any atom is 0.244 e. The summed E-state index contributed by atoms with van der Waals surface area (Å²) in [5.41, 5.74) is 0.674. The van der Waals surface area contributed by atoms with Gasteiger partial charge in [0.25, 0.3) is 0 Å². The average Bonchev–Trinajstić information content (AvgIpc) is 2.22. The molecule has 1 rings (SSSR count). The topological polar surface area (TPSA) is 52.9 Å². The predicted molar refractivity (Wildman–Crippen MR) is 66.9 cm³/mol. The Balaban J connectivity index is 2.91. The van der Waals surface area contributed by atoms with Gasteiger partial charge in [0, 0.05) is 10.2 Å². The van der Waals surface area contributed by atoms with Crippen LogP contribution in [0.3, 0.4) is 0 Å². The molecule has 0 unspecified atom stereocenters. The standard InChI is InChI=1S/C12H13BrN2O/c1-8-6-9(13)4-5-10(8)15-11(16)12(2,3)7-14/h4-6H,1-3H3,(H,15,16). The van der Waals surface area contributed by atoms with E-state index in [1.807, 2.05) is 31.2 Å². The molecule has 0 saturated heterocycles. The highest BCUT2D eigenvalue weighted by Gasteiger charge is 2.27. The third kappa shape index (κ3) is 2.83. The van der Waals surface area contributed by atoms with Crippen molar-refractivity contribution in [1.82, 2.24) is 0 Å². The van der Waals surface area contributed by atoms with Crippen molar-refractivity contribution >= 4 is 27.5 Å². The number of halogens is 1. The molecule has 0 aromatic heterocycles. The van der Waals surface area contributed by atoms with E-state index in [1.54, 1.807) is 13.8 Å². The van der Waals surface area contributed by atoms with Crippen LogP contribution < -0.4 is 5.32 Å². The minimum Gasteiger partial charge on any atom is -0.324 e. The molecule has 3 nitrogen and oxygen atoms in total. The highest BCUT2D eigenvalue weighted by Crippen LogP contribution is 2.22. The molecule has 0 fully saturated rings. The molecule has 1 N–H and O–H groups in total. The van der Waals surface area contributed by atoms with Crippen molar-refractivity contribution in [2.24, 2.45) is 5.41 Å². The van der Waals surface area contributed by atoms with Gasteiger partial charge in [0.2, 0.25) is 5.91 Å². The number of rotatable bonds is 2. The number of aryl methyl sites for hydroxylation is 1. The number of anilines is 1. The molecule has 84 valence electrons. The van der Waals surface area contributed by atoms with E-state index in [1.165, 1.54) is 0 Å². The van der Waals surface area contributed by atoms with Gasteiger partial charge in [-0.2, -0.15) is 5.26 Å². The Labute approximate surface area is 104 Å². The number of nitrogens with zero attached hydrogens (tertiary/aromatic N) is 1. The minimum absolute atomic E-state index is 0.291. The van der Waals surface area contributed by atoms with E-state index in [-0.39, 0.29) is 5.91 Å². The quantitative estimate of drug-likeness (QED) is 0.904. The number of hydrogen-bond acceptors (Lipinski definition) is 2. The summed E-state index contributed by atoms with van der Waals surface area (Å²) in [4.78, 5) is 11.8. The van der Waals surface area contributed by atoms with Crippen molar-refractivity contribution < 1.29 is 4.79 Å². The fourth-order valence-electron chi connectivity index (χ4n) is 1.10. The summed E-state index contributed by atoms with van der Waals surface area (Å²) in [5, 5.41) is 11.6. The molecule has 0 heterocycles. The lowest BCUT2D eigenvalue weighted by Crippen LogP contribution is -2.29. The first-order chi connectivity index (χ1) is 7.36. The first kappa shape index (κ1) is 12.7. The van der Waals surface area contributed by atoms with Crippen LogP contribution in [0.25, 0.3) is 0 Å². The first-order valence-electron chi connectivity index (χ1n) is 4.85. The third-order valence-corrected chi connectivity index (χ3v) is 2.78. The number of nitriles is 1. The Bertz CT molecular complexity index is 461. The molecular weight excluding hydrogens is 268 g/mol. The second-order valence-corrected chi connectivity index (χ2v) is 5.07. The Morgan fingerprint density at radius 3 is 2.62 bits per heavy atom. The van der Waals surface area contributed by atoms with Gasteiger partial charge in [-0.05, 0) is 44.5 Å². The van der Waals surface area contributed by atoms with Gasteiger partial charge in [-0.25, -0.2) is 0 Å². The van der Waals surface area contributed by atoms with Gasteiger partial charge in [-0.3, -0.25) is 4.79 Å². The van der Waals surface area contributed by atoms with Crippen molar-refractivity contribution in [2.75, 3.05) is 5.32 Å². The summed E-state index contributed by atoms with van der Waals surface area (Å²) in [5.74, 6) is -0.291. The lowest BCUT2D eigenvalue weighted by Gasteiger charge is -2.16. The molecular formula is C12H13BrN2O. The summed E-state index contributed by atoms with van der Waals surface area (Å²) >= 11 is 3.35. The van der Waals surface area contributed by atoms with E-state index in [0.717, 1.165) is 15.7 Å². The van der Waals surface area contributed by atoms with Gasteiger partial charge in [0.15, 0.2) is 0 Å². The van der Waals surface area contributed by atoms with Crippen LogP contribution in [0.5, 0.6) is 0 Å². The van der Waals surface area contributed by atoms with Crippen molar-refractivity contribution in [3.05, 3.63) is 28.2 Å². The molecule has 4 heteroatoms. The Morgan fingerprint density at radius 2 is 2.12 bits per heavy atom. The minimum atomic E-state index is -1.01. The Kier molecular flexibility index (Phi) is 3.71. The molecule has 1 aromatic carbocycles. The van der Waals surface area contributed by atoms with E-state index in [9.17, 15) is 4.79 Å². The zero-order valence-corrected chi connectivity index (χ0v) is 11.1. The van der Waals surface area contributed by atoms with Crippen LogP contribution in [-0.4, -0.2) is 5.91 Å². The maximum absolute atomic E-state index is 11.8. The molecule has 0 aliphatic heterocycles. The molecule has 1 aromatic rings. The van der Waals surface area contributed by atoms with Gasteiger partial charge >= 0.3 is 0 Å². The van der Waals surface area contributed by atoms with Gasteiger partial charge < -0.3 is 5.32 Å². The van der Waals surface area contributed by atoms with E-state index in [4.69, 9.17) is 5.26 Å². The largest absolute Gasteiger partial charge is 0.324 e. The number of carbonyl (C=O) groups excluding carboxylic acids is 1. The molecule has 0 aliphatic rings. The van der Waals surface area contributed by atoms with Crippen molar-refractivity contribution in [1.29, 1.82) is 5.26 Å². The summed E-state index contributed by atoms with van der Waals surface area (Å²) < 4.78 is 0.961. The number of nitrogens with one attached hydrogen (secondary N) is 1. The first-order valence-corrected chi connectivity index (χ1v) is 5.65. The SMILES string of the molecule is Cc1cc(Br)ccc1NC(=O)C(C)(C)C#N. The van der Waals surface area contributed by atoms with Crippen LogP contribution in [0.15, 0.2) is 22.7 Å². The van der Waals surface area contributed by atoms with E-state index in [2.05, 4.69) is 21.2 Å².